The van der Waals surface area contributed by atoms with Crippen LogP contribution in [0.3, 0.4) is 0 Å². The number of amides is 2. The van der Waals surface area contributed by atoms with Crippen LogP contribution >= 0.6 is 0 Å². The minimum atomic E-state index is -0.510. The number of benzene rings is 2. The minimum absolute atomic E-state index is 0.275. The van der Waals surface area contributed by atoms with Crippen LogP contribution in [-0.4, -0.2) is 16.8 Å². The van der Waals surface area contributed by atoms with Gasteiger partial charge in [0, 0.05) is 23.7 Å². The summed E-state index contributed by atoms with van der Waals surface area (Å²) >= 11 is 0. The largest absolute Gasteiger partial charge is 0.441 e. The van der Waals surface area contributed by atoms with Crippen LogP contribution in [0.25, 0.3) is 11.1 Å². The van der Waals surface area contributed by atoms with E-state index < -0.39 is 5.91 Å². The maximum absolute atomic E-state index is 12.2. The van der Waals surface area contributed by atoms with Crippen molar-refractivity contribution in [3.8, 4) is 0 Å². The molecule has 2 aromatic carbocycles. The molecule has 3 rings (SSSR count). The van der Waals surface area contributed by atoms with E-state index in [-0.39, 0.29) is 5.91 Å². The summed E-state index contributed by atoms with van der Waals surface area (Å²) in [5.74, 6) is -0.235. The number of nitrogens with one attached hydrogen (secondary N) is 1. The normalized spacial score (nSPS) is 10.6. The molecule has 0 aliphatic heterocycles. The molecule has 3 N–H and O–H groups in total. The fourth-order valence-corrected chi connectivity index (χ4v) is 2.10. The molecule has 0 unspecified atom stereocenters. The molecule has 3 aromatic rings. The monoisotopic (exact) mass is 295 g/mol. The summed E-state index contributed by atoms with van der Waals surface area (Å²) in [7, 11) is 0. The molecule has 0 bridgehead atoms. The van der Waals surface area contributed by atoms with Gasteiger partial charge in [-0.2, -0.15) is 0 Å². The summed E-state index contributed by atoms with van der Waals surface area (Å²) in [5, 5.41) is 2.74. The van der Waals surface area contributed by atoms with Gasteiger partial charge in [0.2, 0.25) is 5.91 Å². The number of nitrogens with zero attached hydrogens (tertiary/aromatic N) is 1. The zero-order valence-electron chi connectivity index (χ0n) is 11.8. The highest BCUT2D eigenvalue weighted by Gasteiger charge is 2.10. The van der Waals surface area contributed by atoms with Crippen LogP contribution in [-0.2, 0) is 0 Å². The van der Waals surface area contributed by atoms with Crippen molar-refractivity contribution in [1.29, 1.82) is 0 Å². The summed E-state index contributed by atoms with van der Waals surface area (Å²) in [5.41, 5.74) is 7.86. The molecular formula is C16H13N3O3. The van der Waals surface area contributed by atoms with Crippen LogP contribution in [0.4, 0.5) is 5.69 Å². The molecule has 1 aromatic heterocycles. The maximum Gasteiger partial charge on any atom is 0.255 e. The average Bonchev–Trinajstić information content (AvgIpc) is 2.86. The standard InChI is InChI=1S/C16H13N3O3/c1-9-18-13-7-4-11(8-14(13)22-9)16(21)19-12-5-2-10(3-6-12)15(17)20/h2-8H,1H3,(H2,17,20)(H,19,21). The number of fused-ring (bicyclic) bond motifs is 1. The number of carbonyl (C=O) groups is 2. The number of rotatable bonds is 3. The van der Waals surface area contributed by atoms with Crippen LogP contribution in [0.2, 0.25) is 0 Å². The van der Waals surface area contributed by atoms with Gasteiger partial charge in [-0.1, -0.05) is 0 Å². The van der Waals surface area contributed by atoms with E-state index in [2.05, 4.69) is 10.3 Å². The number of anilines is 1. The van der Waals surface area contributed by atoms with Crippen molar-refractivity contribution >= 4 is 28.6 Å². The Hall–Kier alpha value is -3.15. The lowest BCUT2D eigenvalue weighted by Crippen LogP contribution is -2.13. The van der Waals surface area contributed by atoms with E-state index in [1.807, 2.05) is 0 Å². The lowest BCUT2D eigenvalue weighted by atomic mass is 10.1. The smallest absolute Gasteiger partial charge is 0.255 e. The van der Waals surface area contributed by atoms with Gasteiger partial charge in [-0.05, 0) is 42.5 Å². The fraction of sp³-hybridized carbons (Fsp3) is 0.0625. The summed E-state index contributed by atoms with van der Waals surface area (Å²) in [6, 6.07) is 11.4. The SMILES string of the molecule is Cc1nc2ccc(C(=O)Nc3ccc(C(N)=O)cc3)cc2o1. The van der Waals surface area contributed by atoms with Gasteiger partial charge in [0.15, 0.2) is 11.5 Å². The lowest BCUT2D eigenvalue weighted by Gasteiger charge is -2.05. The Kier molecular flexibility index (Phi) is 3.34. The first kappa shape index (κ1) is 13.8. The van der Waals surface area contributed by atoms with Gasteiger partial charge in [-0.25, -0.2) is 4.98 Å². The molecule has 110 valence electrons. The quantitative estimate of drug-likeness (QED) is 0.775. The van der Waals surface area contributed by atoms with Gasteiger partial charge >= 0.3 is 0 Å². The van der Waals surface area contributed by atoms with E-state index in [0.717, 1.165) is 0 Å². The maximum atomic E-state index is 12.2. The number of nitrogens with two attached hydrogens (primary N) is 1. The summed E-state index contributed by atoms with van der Waals surface area (Å²) < 4.78 is 5.41. The number of hydrogen-bond donors (Lipinski definition) is 2. The Morgan fingerprint density at radius 2 is 1.77 bits per heavy atom. The minimum Gasteiger partial charge on any atom is -0.441 e. The molecular weight excluding hydrogens is 282 g/mol. The Morgan fingerprint density at radius 1 is 1.09 bits per heavy atom. The van der Waals surface area contributed by atoms with E-state index >= 15 is 0 Å². The molecule has 0 spiro atoms. The van der Waals surface area contributed by atoms with E-state index in [9.17, 15) is 9.59 Å². The Bertz CT molecular complexity index is 866. The third kappa shape index (κ3) is 2.67. The second kappa shape index (κ2) is 5.33. The zero-order valence-corrected chi connectivity index (χ0v) is 11.8. The van der Waals surface area contributed by atoms with Gasteiger partial charge < -0.3 is 15.5 Å². The molecule has 0 atom stereocenters. The van der Waals surface area contributed by atoms with Crippen molar-refractivity contribution < 1.29 is 14.0 Å². The highest BCUT2D eigenvalue weighted by atomic mass is 16.3. The fourth-order valence-electron chi connectivity index (χ4n) is 2.10. The average molecular weight is 295 g/mol. The predicted molar refractivity (Wildman–Crippen MR) is 81.7 cm³/mol. The van der Waals surface area contributed by atoms with Crippen molar-refractivity contribution in [2.24, 2.45) is 5.73 Å². The predicted octanol–water partition coefficient (Wildman–Crippen LogP) is 2.49. The molecule has 22 heavy (non-hydrogen) atoms. The molecule has 2 amide bonds. The van der Waals surface area contributed by atoms with Gasteiger partial charge in [0.25, 0.3) is 5.91 Å². The van der Waals surface area contributed by atoms with Crippen LogP contribution in [0.15, 0.2) is 46.9 Å². The molecule has 0 aliphatic carbocycles. The number of aromatic nitrogens is 1. The van der Waals surface area contributed by atoms with Crippen LogP contribution in [0, 0.1) is 6.92 Å². The van der Waals surface area contributed by atoms with Crippen LogP contribution < -0.4 is 11.1 Å². The summed E-state index contributed by atoms with van der Waals surface area (Å²) in [6.45, 7) is 1.75. The highest BCUT2D eigenvalue weighted by molar-refractivity contribution is 6.06. The van der Waals surface area contributed by atoms with E-state index in [1.165, 1.54) is 0 Å². The second-order valence-corrected chi connectivity index (χ2v) is 4.81. The van der Waals surface area contributed by atoms with Gasteiger partial charge in [0.1, 0.15) is 5.52 Å². The summed E-state index contributed by atoms with van der Waals surface area (Å²) in [6.07, 6.45) is 0. The number of hydrogen-bond acceptors (Lipinski definition) is 4. The first-order chi connectivity index (χ1) is 10.5. The molecule has 0 radical (unpaired) electrons. The number of primary amides is 1. The van der Waals surface area contributed by atoms with Gasteiger partial charge in [0.05, 0.1) is 0 Å². The Balaban J connectivity index is 1.81. The molecule has 6 nitrogen and oxygen atoms in total. The van der Waals surface area contributed by atoms with Crippen molar-refractivity contribution in [2.75, 3.05) is 5.32 Å². The van der Waals surface area contributed by atoms with Gasteiger partial charge in [-0.3, -0.25) is 9.59 Å². The van der Waals surface area contributed by atoms with Crippen LogP contribution in [0.1, 0.15) is 26.6 Å². The third-order valence-electron chi connectivity index (χ3n) is 3.18. The van der Waals surface area contributed by atoms with Crippen molar-refractivity contribution in [3.05, 3.63) is 59.5 Å². The molecule has 0 fully saturated rings. The first-order valence-electron chi connectivity index (χ1n) is 6.61. The van der Waals surface area contributed by atoms with Crippen LogP contribution in [0.5, 0.6) is 0 Å². The highest BCUT2D eigenvalue weighted by Crippen LogP contribution is 2.18. The zero-order chi connectivity index (χ0) is 15.7. The van der Waals surface area contributed by atoms with E-state index in [0.29, 0.717) is 33.8 Å². The van der Waals surface area contributed by atoms with Gasteiger partial charge in [-0.15, -0.1) is 0 Å². The molecule has 0 saturated heterocycles. The van der Waals surface area contributed by atoms with E-state index in [1.54, 1.807) is 49.4 Å². The molecule has 1 heterocycles. The Labute approximate surface area is 125 Å². The third-order valence-corrected chi connectivity index (χ3v) is 3.18. The number of oxazole rings is 1. The first-order valence-corrected chi connectivity index (χ1v) is 6.61. The number of aryl methyl sites for hydroxylation is 1. The van der Waals surface area contributed by atoms with Crippen molar-refractivity contribution in [3.63, 3.8) is 0 Å². The Morgan fingerprint density at radius 3 is 2.45 bits per heavy atom. The summed E-state index contributed by atoms with van der Waals surface area (Å²) in [4.78, 5) is 27.4. The van der Waals surface area contributed by atoms with E-state index in [4.69, 9.17) is 10.2 Å². The number of carbonyl (C=O) groups excluding carboxylic acids is 2. The molecule has 6 heteroatoms. The van der Waals surface area contributed by atoms with Crippen molar-refractivity contribution in [1.82, 2.24) is 4.98 Å². The molecule has 0 saturated carbocycles. The molecule has 0 aliphatic rings. The van der Waals surface area contributed by atoms with Crippen molar-refractivity contribution in [2.45, 2.75) is 6.92 Å². The second-order valence-electron chi connectivity index (χ2n) is 4.81. The lowest BCUT2D eigenvalue weighted by molar-refractivity contribution is 0.0998. The topological polar surface area (TPSA) is 98.2 Å².